The van der Waals surface area contributed by atoms with Gasteiger partial charge in [0, 0.05) is 3.57 Å². The maximum Gasteiger partial charge on any atom is 0.119 e. The van der Waals surface area contributed by atoms with Crippen molar-refractivity contribution in [2.45, 2.75) is 26.1 Å². The molecule has 1 atom stereocenters. The molecule has 0 bridgehead atoms. The molecule has 3 heteroatoms. The minimum Gasteiger partial charge on any atom is -0.489 e. The van der Waals surface area contributed by atoms with E-state index >= 15 is 0 Å². The number of benzene rings is 2. The largest absolute Gasteiger partial charge is 0.489 e. The fourth-order valence-electron chi connectivity index (χ4n) is 1.77. The molecule has 19 heavy (non-hydrogen) atoms. The van der Waals surface area contributed by atoms with Gasteiger partial charge in [0.15, 0.2) is 0 Å². The second-order valence-corrected chi connectivity index (χ2v) is 5.65. The molecule has 0 saturated carbocycles. The lowest BCUT2D eigenvalue weighted by atomic mass is 10.1. The van der Waals surface area contributed by atoms with E-state index in [1.807, 2.05) is 31.2 Å². The first-order valence-electron chi connectivity index (χ1n) is 6.34. The first-order valence-corrected chi connectivity index (χ1v) is 7.42. The Hall–Kier alpha value is -1.07. The van der Waals surface area contributed by atoms with E-state index < -0.39 is 0 Å². The van der Waals surface area contributed by atoms with Crippen LogP contribution in [0.3, 0.4) is 0 Å². The van der Waals surface area contributed by atoms with E-state index in [4.69, 9.17) is 4.74 Å². The minimum absolute atomic E-state index is 0.384. The van der Waals surface area contributed by atoms with Gasteiger partial charge < -0.3 is 9.84 Å². The van der Waals surface area contributed by atoms with E-state index in [0.717, 1.165) is 23.3 Å². The Balaban J connectivity index is 1.94. The molecule has 2 aromatic rings. The Bertz CT molecular complexity index is 505. The van der Waals surface area contributed by atoms with E-state index in [-0.39, 0.29) is 6.10 Å². The molecule has 0 aliphatic rings. The van der Waals surface area contributed by atoms with Crippen molar-refractivity contribution in [3.8, 4) is 5.75 Å². The molecule has 100 valence electrons. The smallest absolute Gasteiger partial charge is 0.119 e. The van der Waals surface area contributed by atoms with Crippen LogP contribution in [0.15, 0.2) is 48.5 Å². The van der Waals surface area contributed by atoms with Crippen LogP contribution in [0.5, 0.6) is 5.75 Å². The Labute approximate surface area is 127 Å². The van der Waals surface area contributed by atoms with E-state index in [2.05, 4.69) is 46.9 Å². The zero-order valence-corrected chi connectivity index (χ0v) is 13.0. The number of ether oxygens (including phenoxy) is 1. The van der Waals surface area contributed by atoms with Gasteiger partial charge in [0.2, 0.25) is 0 Å². The van der Waals surface area contributed by atoms with Gasteiger partial charge in [0.25, 0.3) is 0 Å². The third kappa shape index (κ3) is 4.21. The van der Waals surface area contributed by atoms with Gasteiger partial charge in [-0.1, -0.05) is 31.2 Å². The Morgan fingerprint density at radius 2 is 1.68 bits per heavy atom. The van der Waals surface area contributed by atoms with Gasteiger partial charge in [-0.2, -0.15) is 0 Å². The van der Waals surface area contributed by atoms with Crippen LogP contribution >= 0.6 is 22.6 Å². The number of rotatable bonds is 5. The summed E-state index contributed by atoms with van der Waals surface area (Å²) in [6, 6.07) is 15.9. The zero-order chi connectivity index (χ0) is 13.7. The van der Waals surface area contributed by atoms with Crippen molar-refractivity contribution in [2.75, 3.05) is 0 Å². The highest BCUT2D eigenvalue weighted by molar-refractivity contribution is 14.1. The third-order valence-corrected chi connectivity index (χ3v) is 3.69. The fraction of sp³-hybridized carbons (Fsp3) is 0.250. The van der Waals surface area contributed by atoms with E-state index in [0.29, 0.717) is 6.61 Å². The number of hydrogen-bond donors (Lipinski definition) is 1. The molecule has 0 radical (unpaired) electrons. The number of aliphatic hydroxyl groups is 1. The van der Waals surface area contributed by atoms with Gasteiger partial charge >= 0.3 is 0 Å². The SMILES string of the molecule is CCC(O)c1ccc(OCc2ccc(I)cc2)cc1. The van der Waals surface area contributed by atoms with E-state index in [9.17, 15) is 5.11 Å². The molecule has 2 aromatic carbocycles. The molecule has 1 unspecified atom stereocenters. The van der Waals surface area contributed by atoms with Crippen molar-refractivity contribution in [3.63, 3.8) is 0 Å². The number of halogens is 1. The Kier molecular flexibility index (Phi) is 5.22. The summed E-state index contributed by atoms with van der Waals surface area (Å²) in [7, 11) is 0. The van der Waals surface area contributed by atoms with Crippen molar-refractivity contribution in [2.24, 2.45) is 0 Å². The van der Waals surface area contributed by atoms with Crippen LogP contribution in [0, 0.1) is 3.57 Å². The molecule has 0 aliphatic carbocycles. The summed E-state index contributed by atoms with van der Waals surface area (Å²) in [5, 5.41) is 9.71. The lowest BCUT2D eigenvalue weighted by molar-refractivity contribution is 0.173. The summed E-state index contributed by atoms with van der Waals surface area (Å²) in [5.74, 6) is 0.825. The first-order chi connectivity index (χ1) is 9.19. The summed E-state index contributed by atoms with van der Waals surface area (Å²) in [5.41, 5.74) is 2.09. The Morgan fingerprint density at radius 1 is 1.05 bits per heavy atom. The molecule has 0 amide bonds. The second-order valence-electron chi connectivity index (χ2n) is 4.41. The maximum absolute atomic E-state index is 9.71. The average Bonchev–Trinajstić information content (AvgIpc) is 2.46. The number of hydrogen-bond acceptors (Lipinski definition) is 2. The summed E-state index contributed by atoms with van der Waals surface area (Å²) in [4.78, 5) is 0. The third-order valence-electron chi connectivity index (χ3n) is 2.97. The lowest BCUT2D eigenvalue weighted by Gasteiger charge is -2.10. The van der Waals surface area contributed by atoms with Crippen LogP contribution in [0.2, 0.25) is 0 Å². The minimum atomic E-state index is -0.384. The molecule has 0 heterocycles. The highest BCUT2D eigenvalue weighted by Gasteiger charge is 2.04. The van der Waals surface area contributed by atoms with E-state index in [1.165, 1.54) is 3.57 Å². The van der Waals surface area contributed by atoms with Crippen LogP contribution in [0.1, 0.15) is 30.6 Å². The topological polar surface area (TPSA) is 29.5 Å². The highest BCUT2D eigenvalue weighted by Crippen LogP contribution is 2.20. The predicted octanol–water partition coefficient (Wildman–Crippen LogP) is 4.31. The van der Waals surface area contributed by atoms with Gasteiger partial charge in [0.1, 0.15) is 12.4 Å². The Morgan fingerprint density at radius 3 is 2.26 bits per heavy atom. The van der Waals surface area contributed by atoms with Gasteiger partial charge in [-0.05, 0) is 64.4 Å². The highest BCUT2D eigenvalue weighted by atomic mass is 127. The van der Waals surface area contributed by atoms with Crippen molar-refractivity contribution < 1.29 is 9.84 Å². The molecule has 0 aliphatic heterocycles. The van der Waals surface area contributed by atoms with Gasteiger partial charge in [-0.15, -0.1) is 0 Å². The summed E-state index contributed by atoms with van der Waals surface area (Å²) < 4.78 is 6.94. The normalized spacial score (nSPS) is 12.2. The van der Waals surface area contributed by atoms with Crippen LogP contribution in [0.25, 0.3) is 0 Å². The quantitative estimate of drug-likeness (QED) is 0.797. The van der Waals surface area contributed by atoms with Crippen LogP contribution < -0.4 is 4.74 Å². The molecular weight excluding hydrogens is 351 g/mol. The van der Waals surface area contributed by atoms with Crippen molar-refractivity contribution >= 4 is 22.6 Å². The molecule has 1 N–H and O–H groups in total. The first kappa shape index (κ1) is 14.3. The molecule has 0 aromatic heterocycles. The van der Waals surface area contributed by atoms with Gasteiger partial charge in [-0.3, -0.25) is 0 Å². The van der Waals surface area contributed by atoms with Gasteiger partial charge in [-0.25, -0.2) is 0 Å². The molecule has 0 fully saturated rings. The maximum atomic E-state index is 9.71. The lowest BCUT2D eigenvalue weighted by Crippen LogP contribution is -1.97. The summed E-state index contributed by atoms with van der Waals surface area (Å²) in [6.45, 7) is 2.53. The number of aliphatic hydroxyl groups excluding tert-OH is 1. The van der Waals surface area contributed by atoms with Crippen molar-refractivity contribution in [1.29, 1.82) is 0 Å². The van der Waals surface area contributed by atoms with Crippen LogP contribution in [-0.4, -0.2) is 5.11 Å². The molecule has 0 spiro atoms. The van der Waals surface area contributed by atoms with Gasteiger partial charge in [0.05, 0.1) is 6.10 Å². The summed E-state index contributed by atoms with van der Waals surface area (Å²) >= 11 is 2.29. The standard InChI is InChI=1S/C16H17IO2/c1-2-16(18)13-5-9-15(10-6-13)19-11-12-3-7-14(17)8-4-12/h3-10,16,18H,2,11H2,1H3. The van der Waals surface area contributed by atoms with Crippen LogP contribution in [-0.2, 0) is 6.61 Å². The average molecular weight is 368 g/mol. The predicted molar refractivity (Wildman–Crippen MR) is 85.2 cm³/mol. The summed E-state index contributed by atoms with van der Waals surface area (Å²) in [6.07, 6.45) is 0.341. The molecular formula is C16H17IO2. The van der Waals surface area contributed by atoms with Crippen molar-refractivity contribution in [1.82, 2.24) is 0 Å². The van der Waals surface area contributed by atoms with Crippen molar-refractivity contribution in [3.05, 3.63) is 63.2 Å². The van der Waals surface area contributed by atoms with Crippen LogP contribution in [0.4, 0.5) is 0 Å². The molecule has 2 rings (SSSR count). The monoisotopic (exact) mass is 368 g/mol. The molecule has 2 nitrogen and oxygen atoms in total. The van der Waals surface area contributed by atoms with E-state index in [1.54, 1.807) is 0 Å². The second kappa shape index (κ2) is 6.91. The fourth-order valence-corrected chi connectivity index (χ4v) is 2.13. The molecule has 0 saturated heterocycles. The zero-order valence-electron chi connectivity index (χ0n) is 10.8.